The van der Waals surface area contributed by atoms with Crippen LogP contribution in [0.3, 0.4) is 0 Å². The summed E-state index contributed by atoms with van der Waals surface area (Å²) in [4.78, 5) is 26.0. The van der Waals surface area contributed by atoms with Crippen LogP contribution < -0.4 is 5.56 Å². The zero-order chi connectivity index (χ0) is 14.8. The summed E-state index contributed by atoms with van der Waals surface area (Å²) >= 11 is 1.07. The van der Waals surface area contributed by atoms with E-state index in [1.54, 1.807) is 6.20 Å². The molecule has 1 fully saturated rings. The van der Waals surface area contributed by atoms with Gasteiger partial charge < -0.3 is 14.4 Å². The molecule has 1 aliphatic heterocycles. The van der Waals surface area contributed by atoms with Crippen LogP contribution in [0.25, 0.3) is 0 Å². The van der Waals surface area contributed by atoms with Crippen LogP contribution in [0.4, 0.5) is 0 Å². The number of rotatable bonds is 4. The van der Waals surface area contributed by atoms with Crippen molar-refractivity contribution in [1.82, 2.24) is 9.55 Å². The van der Waals surface area contributed by atoms with Gasteiger partial charge in [0.05, 0.1) is 11.4 Å². The molecule has 0 aromatic carbocycles. The monoisotopic (exact) mass is 298 g/mol. The van der Waals surface area contributed by atoms with E-state index >= 15 is 0 Å². The number of hydrogen-bond acceptors (Lipinski definition) is 5. The molecule has 0 amide bonds. The van der Waals surface area contributed by atoms with Crippen LogP contribution in [0, 0.1) is 0 Å². The Labute approximate surface area is 121 Å². The van der Waals surface area contributed by atoms with Crippen molar-refractivity contribution in [3.63, 3.8) is 0 Å². The van der Waals surface area contributed by atoms with Gasteiger partial charge in [0.1, 0.15) is 0 Å². The fourth-order valence-corrected chi connectivity index (χ4v) is 3.11. The average Bonchev–Trinajstić information content (AvgIpc) is 2.35. The minimum absolute atomic E-state index is 0.108. The molecule has 0 bridgehead atoms. The molecule has 1 atom stereocenters. The van der Waals surface area contributed by atoms with Gasteiger partial charge in [0, 0.05) is 24.9 Å². The topological polar surface area (TPSA) is 81.4 Å². The first-order chi connectivity index (χ1) is 9.37. The molecule has 0 radical (unpaired) electrons. The number of nitrogens with zero attached hydrogens (tertiary/aromatic N) is 2. The summed E-state index contributed by atoms with van der Waals surface area (Å²) in [7, 11) is 0. The van der Waals surface area contributed by atoms with Crippen LogP contribution in [-0.4, -0.2) is 38.6 Å². The zero-order valence-electron chi connectivity index (χ0n) is 11.5. The van der Waals surface area contributed by atoms with Crippen molar-refractivity contribution in [2.75, 3.05) is 12.4 Å². The van der Waals surface area contributed by atoms with Crippen molar-refractivity contribution < 1.29 is 14.6 Å². The molecule has 1 aromatic heterocycles. The third-order valence-electron chi connectivity index (χ3n) is 3.19. The number of ether oxygens (including phenoxy) is 1. The Morgan fingerprint density at radius 2 is 2.40 bits per heavy atom. The Hall–Kier alpha value is -1.34. The molecule has 6 nitrogen and oxygen atoms in total. The predicted octanol–water partition coefficient (Wildman–Crippen LogP) is 1.55. The molecule has 2 heterocycles. The summed E-state index contributed by atoms with van der Waals surface area (Å²) in [5.74, 6) is -1.03. The van der Waals surface area contributed by atoms with Crippen molar-refractivity contribution in [2.24, 2.45) is 0 Å². The van der Waals surface area contributed by atoms with Crippen molar-refractivity contribution in [3.8, 4) is 0 Å². The quantitative estimate of drug-likeness (QED) is 0.671. The van der Waals surface area contributed by atoms with Gasteiger partial charge in [-0.15, -0.1) is 0 Å². The number of carbonyl (C=O) groups is 1. The Bertz CT molecular complexity index is 556. The van der Waals surface area contributed by atoms with E-state index in [0.29, 0.717) is 11.8 Å². The van der Waals surface area contributed by atoms with E-state index < -0.39 is 5.97 Å². The van der Waals surface area contributed by atoms with Gasteiger partial charge >= 0.3 is 5.97 Å². The molecule has 20 heavy (non-hydrogen) atoms. The van der Waals surface area contributed by atoms with Gasteiger partial charge in [0.2, 0.25) is 0 Å². The fourth-order valence-electron chi connectivity index (χ4n) is 2.35. The fraction of sp³-hybridized carbons (Fsp3) is 0.615. The van der Waals surface area contributed by atoms with E-state index in [2.05, 4.69) is 4.98 Å². The first-order valence-corrected chi connectivity index (χ1v) is 7.44. The maximum atomic E-state index is 11.4. The second kappa shape index (κ2) is 5.97. The molecule has 110 valence electrons. The van der Waals surface area contributed by atoms with Gasteiger partial charge in [-0.1, -0.05) is 11.8 Å². The van der Waals surface area contributed by atoms with E-state index in [1.165, 1.54) is 6.07 Å². The van der Waals surface area contributed by atoms with Crippen molar-refractivity contribution >= 4 is 17.7 Å². The molecule has 7 heteroatoms. The maximum absolute atomic E-state index is 11.4. The minimum atomic E-state index is -0.924. The molecule has 1 aromatic rings. The van der Waals surface area contributed by atoms with E-state index in [9.17, 15) is 9.59 Å². The SMILES string of the molecule is CC1(C)CC(n2ccc(=O)nc2SCC(=O)O)CCO1. The van der Waals surface area contributed by atoms with Gasteiger partial charge in [-0.3, -0.25) is 9.59 Å². The lowest BCUT2D eigenvalue weighted by atomic mass is 9.94. The first kappa shape index (κ1) is 15.1. The molecular weight excluding hydrogens is 280 g/mol. The Morgan fingerprint density at radius 1 is 1.65 bits per heavy atom. The normalized spacial score (nSPS) is 21.6. The third-order valence-corrected chi connectivity index (χ3v) is 4.15. The smallest absolute Gasteiger partial charge is 0.313 e. The van der Waals surface area contributed by atoms with Crippen LogP contribution in [0.1, 0.15) is 32.7 Å². The Morgan fingerprint density at radius 3 is 3.05 bits per heavy atom. The van der Waals surface area contributed by atoms with Gasteiger partial charge in [0.25, 0.3) is 5.56 Å². The highest BCUT2D eigenvalue weighted by Gasteiger charge is 2.30. The largest absolute Gasteiger partial charge is 0.481 e. The van der Waals surface area contributed by atoms with Gasteiger partial charge in [-0.25, -0.2) is 0 Å². The van der Waals surface area contributed by atoms with Crippen LogP contribution in [0.5, 0.6) is 0 Å². The molecule has 0 saturated carbocycles. The van der Waals surface area contributed by atoms with Gasteiger partial charge in [0.15, 0.2) is 5.16 Å². The summed E-state index contributed by atoms with van der Waals surface area (Å²) < 4.78 is 7.58. The lowest BCUT2D eigenvalue weighted by Gasteiger charge is -2.37. The van der Waals surface area contributed by atoms with Crippen molar-refractivity contribution in [2.45, 2.75) is 43.5 Å². The molecule has 1 saturated heterocycles. The second-order valence-corrected chi connectivity index (χ2v) is 6.34. The summed E-state index contributed by atoms with van der Waals surface area (Å²) in [5, 5.41) is 9.23. The highest BCUT2D eigenvalue weighted by molar-refractivity contribution is 7.99. The lowest BCUT2D eigenvalue weighted by molar-refractivity contribution is -0.133. The zero-order valence-corrected chi connectivity index (χ0v) is 12.4. The predicted molar refractivity (Wildman–Crippen MR) is 75.2 cm³/mol. The molecular formula is C13H18N2O4S. The number of aromatic nitrogens is 2. The lowest BCUT2D eigenvalue weighted by Crippen LogP contribution is -2.36. The summed E-state index contributed by atoms with van der Waals surface area (Å²) in [6.07, 6.45) is 3.33. The summed E-state index contributed by atoms with van der Waals surface area (Å²) in [6.45, 7) is 4.70. The number of thioether (sulfide) groups is 1. The number of carboxylic acid groups (broad SMARTS) is 1. The molecule has 1 aliphatic rings. The summed E-state index contributed by atoms with van der Waals surface area (Å²) in [5.41, 5.74) is -0.568. The molecule has 1 N–H and O–H groups in total. The standard InChI is InChI=1S/C13H18N2O4S/c1-13(2)7-9(4-6-19-13)15-5-3-10(16)14-12(15)20-8-11(17)18/h3,5,9H,4,6-8H2,1-2H3,(H,17,18). The number of carboxylic acids is 1. The number of aliphatic carboxylic acids is 1. The summed E-state index contributed by atoms with van der Waals surface area (Å²) in [6, 6.07) is 1.58. The van der Waals surface area contributed by atoms with Crippen LogP contribution in [0.15, 0.2) is 22.2 Å². The second-order valence-electron chi connectivity index (χ2n) is 5.39. The minimum Gasteiger partial charge on any atom is -0.481 e. The Balaban J connectivity index is 2.25. The van der Waals surface area contributed by atoms with E-state index in [-0.39, 0.29) is 23.0 Å². The first-order valence-electron chi connectivity index (χ1n) is 6.45. The highest BCUT2D eigenvalue weighted by atomic mass is 32.2. The molecule has 2 rings (SSSR count). The molecule has 1 unspecified atom stereocenters. The van der Waals surface area contributed by atoms with E-state index in [4.69, 9.17) is 9.84 Å². The van der Waals surface area contributed by atoms with Gasteiger partial charge in [-0.05, 0) is 26.7 Å². The highest BCUT2D eigenvalue weighted by Crippen LogP contribution is 2.33. The van der Waals surface area contributed by atoms with Crippen LogP contribution >= 0.6 is 11.8 Å². The third kappa shape index (κ3) is 3.83. The average molecular weight is 298 g/mol. The maximum Gasteiger partial charge on any atom is 0.313 e. The van der Waals surface area contributed by atoms with Gasteiger partial charge in [-0.2, -0.15) is 4.98 Å². The van der Waals surface area contributed by atoms with Crippen molar-refractivity contribution in [3.05, 3.63) is 22.6 Å². The molecule has 0 aliphatic carbocycles. The van der Waals surface area contributed by atoms with Crippen LogP contribution in [-0.2, 0) is 9.53 Å². The number of hydrogen-bond donors (Lipinski definition) is 1. The van der Waals surface area contributed by atoms with Crippen molar-refractivity contribution in [1.29, 1.82) is 0 Å². The van der Waals surface area contributed by atoms with E-state index in [1.807, 2.05) is 18.4 Å². The molecule has 0 spiro atoms. The van der Waals surface area contributed by atoms with E-state index in [0.717, 1.165) is 24.6 Å². The Kier molecular flexibility index (Phi) is 4.49. The van der Waals surface area contributed by atoms with Crippen LogP contribution in [0.2, 0.25) is 0 Å².